The summed E-state index contributed by atoms with van der Waals surface area (Å²) in [7, 11) is 1.63. The molecule has 3 nitrogen and oxygen atoms in total. The lowest BCUT2D eigenvalue weighted by Crippen LogP contribution is -2.14. The lowest BCUT2D eigenvalue weighted by Gasteiger charge is -2.13. The highest BCUT2D eigenvalue weighted by molar-refractivity contribution is 5.28. The number of rotatable bonds is 3. The third kappa shape index (κ3) is 1.73. The van der Waals surface area contributed by atoms with Crippen molar-refractivity contribution in [3.05, 3.63) is 23.4 Å². The van der Waals surface area contributed by atoms with Gasteiger partial charge in [-0.3, -0.25) is 0 Å². The summed E-state index contributed by atoms with van der Waals surface area (Å²) in [5, 5.41) is 0. The number of hydrogen-bond donors (Lipinski definition) is 1. The molecule has 0 bridgehead atoms. The average Bonchev–Trinajstić information content (AvgIpc) is 3.00. The van der Waals surface area contributed by atoms with Gasteiger partial charge in [0, 0.05) is 17.8 Å². The topological polar surface area (TPSA) is 48.1 Å². The number of ether oxygens (including phenoxy) is 1. The molecule has 2 N–H and O–H groups in total. The molecular weight excluding hydrogens is 176 g/mol. The highest BCUT2D eigenvalue weighted by Crippen LogP contribution is 2.40. The Hall–Kier alpha value is -1.09. The van der Waals surface area contributed by atoms with Crippen molar-refractivity contribution >= 4 is 0 Å². The van der Waals surface area contributed by atoms with Crippen LogP contribution in [0.4, 0.5) is 0 Å². The summed E-state index contributed by atoms with van der Waals surface area (Å²) in [6.07, 6.45) is 2.51. The molecule has 0 unspecified atom stereocenters. The van der Waals surface area contributed by atoms with Crippen LogP contribution in [0.2, 0.25) is 0 Å². The van der Waals surface area contributed by atoms with Gasteiger partial charge in [0.25, 0.3) is 0 Å². The maximum atomic E-state index is 6.11. The lowest BCUT2D eigenvalue weighted by molar-refractivity contribution is 0.396. The molecule has 1 fully saturated rings. The van der Waals surface area contributed by atoms with Crippen LogP contribution in [0.5, 0.6) is 5.88 Å². The van der Waals surface area contributed by atoms with E-state index >= 15 is 0 Å². The van der Waals surface area contributed by atoms with Crippen LogP contribution in [-0.4, -0.2) is 12.1 Å². The largest absolute Gasteiger partial charge is 0.481 e. The van der Waals surface area contributed by atoms with Crippen LogP contribution >= 0.6 is 0 Å². The average molecular weight is 192 g/mol. The fourth-order valence-electron chi connectivity index (χ4n) is 1.72. The van der Waals surface area contributed by atoms with Crippen molar-refractivity contribution in [2.24, 2.45) is 11.7 Å². The van der Waals surface area contributed by atoms with Gasteiger partial charge < -0.3 is 10.5 Å². The Kier molecular flexibility index (Phi) is 2.42. The second-order valence-electron chi connectivity index (χ2n) is 3.89. The van der Waals surface area contributed by atoms with Gasteiger partial charge in [0.15, 0.2) is 0 Å². The minimum atomic E-state index is 0.161. The Morgan fingerprint density at radius 3 is 2.71 bits per heavy atom. The van der Waals surface area contributed by atoms with Gasteiger partial charge in [0.1, 0.15) is 0 Å². The zero-order valence-corrected chi connectivity index (χ0v) is 8.66. The fraction of sp³-hybridized carbons (Fsp3) is 0.545. The monoisotopic (exact) mass is 192 g/mol. The van der Waals surface area contributed by atoms with Gasteiger partial charge >= 0.3 is 0 Å². The standard InChI is InChI=1S/C11H16N2O/c1-7-9(11(12)8-3-4-8)5-6-10(13-7)14-2/h5-6,8,11H,3-4,12H2,1-2H3/t11-/m1/s1. The Bertz CT molecular complexity index is 334. The number of aryl methyl sites for hydroxylation is 1. The van der Waals surface area contributed by atoms with Crippen molar-refractivity contribution in [3.63, 3.8) is 0 Å². The Morgan fingerprint density at radius 1 is 1.50 bits per heavy atom. The molecule has 0 amide bonds. The number of hydrogen-bond acceptors (Lipinski definition) is 3. The lowest BCUT2D eigenvalue weighted by atomic mass is 10.0. The van der Waals surface area contributed by atoms with Crippen molar-refractivity contribution in [1.29, 1.82) is 0 Å². The van der Waals surface area contributed by atoms with Crippen molar-refractivity contribution in [2.45, 2.75) is 25.8 Å². The van der Waals surface area contributed by atoms with Gasteiger partial charge in [-0.15, -0.1) is 0 Å². The first-order valence-corrected chi connectivity index (χ1v) is 4.99. The van der Waals surface area contributed by atoms with E-state index in [4.69, 9.17) is 10.5 Å². The normalized spacial score (nSPS) is 17.9. The smallest absolute Gasteiger partial charge is 0.213 e. The summed E-state index contributed by atoms with van der Waals surface area (Å²) in [5.74, 6) is 1.33. The summed E-state index contributed by atoms with van der Waals surface area (Å²) in [4.78, 5) is 4.32. The van der Waals surface area contributed by atoms with Crippen molar-refractivity contribution in [3.8, 4) is 5.88 Å². The van der Waals surface area contributed by atoms with E-state index in [1.807, 2.05) is 19.1 Å². The van der Waals surface area contributed by atoms with E-state index in [1.165, 1.54) is 12.8 Å². The second-order valence-corrected chi connectivity index (χ2v) is 3.89. The minimum absolute atomic E-state index is 0.161. The molecule has 76 valence electrons. The number of nitrogens with two attached hydrogens (primary N) is 1. The summed E-state index contributed by atoms with van der Waals surface area (Å²) >= 11 is 0. The first-order valence-electron chi connectivity index (χ1n) is 4.99. The molecule has 0 spiro atoms. The van der Waals surface area contributed by atoms with Crippen LogP contribution < -0.4 is 10.5 Å². The quantitative estimate of drug-likeness (QED) is 0.794. The van der Waals surface area contributed by atoms with E-state index in [9.17, 15) is 0 Å². The molecule has 1 aliphatic rings. The summed E-state index contributed by atoms with van der Waals surface area (Å²) in [6, 6.07) is 4.07. The predicted molar refractivity (Wildman–Crippen MR) is 55.2 cm³/mol. The molecule has 3 heteroatoms. The molecule has 0 aromatic carbocycles. The van der Waals surface area contributed by atoms with Gasteiger partial charge in [0.05, 0.1) is 7.11 Å². The van der Waals surface area contributed by atoms with E-state index in [0.29, 0.717) is 11.8 Å². The van der Waals surface area contributed by atoms with E-state index < -0.39 is 0 Å². The van der Waals surface area contributed by atoms with Crippen LogP contribution in [0.3, 0.4) is 0 Å². The Labute approximate surface area is 84.3 Å². The van der Waals surface area contributed by atoms with Crippen molar-refractivity contribution in [1.82, 2.24) is 4.98 Å². The fourth-order valence-corrected chi connectivity index (χ4v) is 1.72. The van der Waals surface area contributed by atoms with Crippen LogP contribution in [0.1, 0.15) is 30.1 Å². The molecule has 1 aromatic rings. The number of methoxy groups -OCH3 is 1. The Balaban J connectivity index is 2.24. The SMILES string of the molecule is COc1ccc([C@H](N)C2CC2)c(C)n1. The van der Waals surface area contributed by atoms with E-state index in [0.717, 1.165) is 11.3 Å². The highest BCUT2D eigenvalue weighted by Gasteiger charge is 2.30. The van der Waals surface area contributed by atoms with Gasteiger partial charge in [-0.05, 0) is 31.2 Å². The molecule has 0 aliphatic heterocycles. The van der Waals surface area contributed by atoms with Gasteiger partial charge in [-0.25, -0.2) is 4.98 Å². The van der Waals surface area contributed by atoms with Gasteiger partial charge in [0.2, 0.25) is 5.88 Å². The third-order valence-electron chi connectivity index (χ3n) is 2.80. The molecule has 1 aromatic heterocycles. The first-order chi connectivity index (χ1) is 6.72. The molecule has 2 rings (SSSR count). The molecular formula is C11H16N2O. The second kappa shape index (κ2) is 3.58. The number of pyridine rings is 1. The molecule has 1 saturated carbocycles. The highest BCUT2D eigenvalue weighted by atomic mass is 16.5. The van der Waals surface area contributed by atoms with E-state index in [1.54, 1.807) is 7.11 Å². The van der Waals surface area contributed by atoms with Crippen molar-refractivity contribution < 1.29 is 4.74 Å². The van der Waals surface area contributed by atoms with E-state index in [-0.39, 0.29) is 6.04 Å². The van der Waals surface area contributed by atoms with Crippen LogP contribution in [0, 0.1) is 12.8 Å². The van der Waals surface area contributed by atoms with E-state index in [2.05, 4.69) is 4.98 Å². The molecule has 0 radical (unpaired) electrons. The molecule has 1 heterocycles. The first kappa shape index (κ1) is 9.46. The maximum Gasteiger partial charge on any atom is 0.213 e. The zero-order chi connectivity index (χ0) is 10.1. The number of aromatic nitrogens is 1. The molecule has 14 heavy (non-hydrogen) atoms. The number of nitrogens with zero attached hydrogens (tertiary/aromatic N) is 1. The van der Waals surface area contributed by atoms with Crippen LogP contribution in [-0.2, 0) is 0 Å². The third-order valence-corrected chi connectivity index (χ3v) is 2.80. The maximum absolute atomic E-state index is 6.11. The van der Waals surface area contributed by atoms with Crippen LogP contribution in [0.25, 0.3) is 0 Å². The predicted octanol–water partition coefficient (Wildman–Crippen LogP) is 1.81. The zero-order valence-electron chi connectivity index (χ0n) is 8.66. The van der Waals surface area contributed by atoms with Crippen LogP contribution in [0.15, 0.2) is 12.1 Å². The minimum Gasteiger partial charge on any atom is -0.481 e. The Morgan fingerprint density at radius 2 is 2.21 bits per heavy atom. The molecule has 1 aliphatic carbocycles. The van der Waals surface area contributed by atoms with Gasteiger partial charge in [-0.1, -0.05) is 6.07 Å². The van der Waals surface area contributed by atoms with Gasteiger partial charge in [-0.2, -0.15) is 0 Å². The summed E-state index contributed by atoms with van der Waals surface area (Å²) < 4.78 is 5.05. The molecule has 0 saturated heterocycles. The summed E-state index contributed by atoms with van der Waals surface area (Å²) in [6.45, 7) is 1.99. The van der Waals surface area contributed by atoms with Crippen molar-refractivity contribution in [2.75, 3.05) is 7.11 Å². The summed E-state index contributed by atoms with van der Waals surface area (Å²) in [5.41, 5.74) is 8.26. The molecule has 1 atom stereocenters.